The zero-order valence-electron chi connectivity index (χ0n) is 16.4. The van der Waals surface area contributed by atoms with Crippen LogP contribution in [-0.2, 0) is 13.0 Å². The van der Waals surface area contributed by atoms with E-state index in [9.17, 15) is 0 Å². The Bertz CT molecular complexity index is 1070. The minimum atomic E-state index is 0.718. The largest absolute Gasteiger partial charge is 0.362 e. The third-order valence-corrected chi connectivity index (χ3v) is 5.28. The van der Waals surface area contributed by atoms with E-state index in [-0.39, 0.29) is 0 Å². The monoisotopic (exact) mass is 400 g/mol. The number of thiocarbonyl (C=S) groups is 1. The highest BCUT2D eigenvalue weighted by molar-refractivity contribution is 7.80. The highest BCUT2D eigenvalue weighted by Crippen LogP contribution is 2.22. The summed E-state index contributed by atoms with van der Waals surface area (Å²) in [6.45, 7) is 3.56. The number of hydrogen-bond donors (Lipinski definition) is 2. The Kier molecular flexibility index (Phi) is 5.86. The summed E-state index contributed by atoms with van der Waals surface area (Å²) in [4.78, 5) is 10.2. The Morgan fingerprint density at radius 3 is 2.48 bits per heavy atom. The van der Waals surface area contributed by atoms with Crippen LogP contribution in [0.1, 0.15) is 17.0 Å². The van der Waals surface area contributed by atoms with Gasteiger partial charge >= 0.3 is 0 Å². The van der Waals surface area contributed by atoms with E-state index in [2.05, 4.69) is 75.6 Å². The summed E-state index contributed by atoms with van der Waals surface area (Å²) in [5.74, 6) is 0.965. The van der Waals surface area contributed by atoms with Gasteiger partial charge in [0.2, 0.25) is 0 Å². The van der Waals surface area contributed by atoms with E-state index in [1.165, 1.54) is 11.1 Å². The number of aromatic amines is 1. The Balaban J connectivity index is 1.46. The topological polar surface area (TPSA) is 44.0 Å². The average molecular weight is 401 g/mol. The maximum absolute atomic E-state index is 5.78. The maximum Gasteiger partial charge on any atom is 0.173 e. The molecule has 4 nitrogen and oxygen atoms in total. The van der Waals surface area contributed by atoms with Gasteiger partial charge in [0, 0.05) is 18.7 Å². The molecule has 146 valence electrons. The molecular formula is C24H24N4S. The number of nitrogens with zero attached hydrogens (tertiary/aromatic N) is 2. The average Bonchev–Trinajstić information content (AvgIpc) is 3.16. The molecule has 1 heterocycles. The van der Waals surface area contributed by atoms with Crippen molar-refractivity contribution < 1.29 is 0 Å². The first-order valence-electron chi connectivity index (χ1n) is 9.79. The second-order valence-electron chi connectivity index (χ2n) is 7.04. The normalized spacial score (nSPS) is 10.8. The smallest absolute Gasteiger partial charge is 0.173 e. The summed E-state index contributed by atoms with van der Waals surface area (Å²) in [5, 5.41) is 4.14. The van der Waals surface area contributed by atoms with Gasteiger partial charge in [-0.3, -0.25) is 0 Å². The first kappa shape index (κ1) is 19.2. The summed E-state index contributed by atoms with van der Waals surface area (Å²) in [6.07, 6.45) is 0.780. The highest BCUT2D eigenvalue weighted by atomic mass is 32.1. The number of rotatable bonds is 6. The lowest BCUT2D eigenvalue weighted by molar-refractivity contribution is 0.814. The fourth-order valence-corrected chi connectivity index (χ4v) is 3.67. The van der Waals surface area contributed by atoms with E-state index in [1.54, 1.807) is 0 Å². The number of anilines is 1. The van der Waals surface area contributed by atoms with Gasteiger partial charge in [0.05, 0.1) is 17.6 Å². The number of H-pyrrole nitrogens is 1. The number of benzene rings is 3. The fraction of sp³-hybridized carbons (Fsp3) is 0.167. The molecule has 0 fully saturated rings. The lowest BCUT2D eigenvalue weighted by Gasteiger charge is -2.27. The number of imidazole rings is 1. The van der Waals surface area contributed by atoms with Crippen LogP contribution in [0.5, 0.6) is 0 Å². The molecule has 29 heavy (non-hydrogen) atoms. The fourth-order valence-electron chi connectivity index (χ4n) is 3.41. The highest BCUT2D eigenvalue weighted by Gasteiger charge is 2.15. The van der Waals surface area contributed by atoms with Crippen LogP contribution in [0.15, 0.2) is 78.9 Å². The molecule has 4 aromatic rings. The molecule has 0 aliphatic heterocycles. The van der Waals surface area contributed by atoms with Crippen LogP contribution in [-0.4, -0.2) is 21.6 Å². The van der Waals surface area contributed by atoms with Crippen molar-refractivity contribution >= 4 is 34.1 Å². The minimum Gasteiger partial charge on any atom is -0.362 e. The molecule has 0 atom stereocenters. The van der Waals surface area contributed by atoms with E-state index >= 15 is 0 Å². The molecule has 0 radical (unpaired) electrons. The predicted octanol–water partition coefficient (Wildman–Crippen LogP) is 5.00. The van der Waals surface area contributed by atoms with E-state index in [0.717, 1.165) is 47.2 Å². The second-order valence-corrected chi connectivity index (χ2v) is 7.43. The number of nitrogens with one attached hydrogen (secondary N) is 2. The summed E-state index contributed by atoms with van der Waals surface area (Å²) in [6, 6.07) is 26.8. The molecule has 0 amide bonds. The van der Waals surface area contributed by atoms with Crippen LogP contribution in [0.25, 0.3) is 11.0 Å². The molecule has 4 rings (SSSR count). The quantitative estimate of drug-likeness (QED) is 0.447. The summed E-state index contributed by atoms with van der Waals surface area (Å²) < 4.78 is 0. The predicted molar refractivity (Wildman–Crippen MR) is 124 cm³/mol. The van der Waals surface area contributed by atoms with Gasteiger partial charge in [-0.25, -0.2) is 4.98 Å². The van der Waals surface area contributed by atoms with Crippen LogP contribution >= 0.6 is 12.2 Å². The molecule has 5 heteroatoms. The Hall–Kier alpha value is -3.18. The van der Waals surface area contributed by atoms with E-state index in [0.29, 0.717) is 0 Å². The number of fused-ring (bicyclic) bond motifs is 1. The Morgan fingerprint density at radius 1 is 0.966 bits per heavy atom. The molecule has 1 aromatic heterocycles. The van der Waals surface area contributed by atoms with Crippen molar-refractivity contribution in [1.29, 1.82) is 0 Å². The Labute approximate surface area is 176 Å². The standard InChI is InChI=1S/C24H24N4S/c1-18-9-5-8-14-22(18)28(17-19-10-3-2-4-11-19)24(29)25-16-15-23-26-20-12-6-7-13-21(20)27-23/h2-14H,15-17H2,1H3,(H,25,29)(H,26,27). The molecule has 0 unspecified atom stereocenters. The number of aryl methyl sites for hydroxylation is 1. The molecular weight excluding hydrogens is 376 g/mol. The third-order valence-electron chi connectivity index (χ3n) is 4.91. The van der Waals surface area contributed by atoms with Crippen LogP contribution in [0.3, 0.4) is 0 Å². The van der Waals surface area contributed by atoms with Crippen molar-refractivity contribution in [2.45, 2.75) is 19.9 Å². The van der Waals surface area contributed by atoms with E-state index < -0.39 is 0 Å². The van der Waals surface area contributed by atoms with Crippen molar-refractivity contribution in [3.8, 4) is 0 Å². The number of hydrogen-bond acceptors (Lipinski definition) is 2. The van der Waals surface area contributed by atoms with Gasteiger partial charge in [-0.1, -0.05) is 60.7 Å². The molecule has 0 aliphatic rings. The molecule has 0 saturated heterocycles. The van der Waals surface area contributed by atoms with Gasteiger partial charge in [0.1, 0.15) is 5.82 Å². The van der Waals surface area contributed by atoms with Crippen LogP contribution < -0.4 is 10.2 Å². The second kappa shape index (κ2) is 8.88. The number of para-hydroxylation sites is 3. The lowest BCUT2D eigenvalue weighted by atomic mass is 10.1. The minimum absolute atomic E-state index is 0.718. The van der Waals surface area contributed by atoms with Crippen molar-refractivity contribution in [1.82, 2.24) is 15.3 Å². The van der Waals surface area contributed by atoms with Crippen molar-refractivity contribution in [2.75, 3.05) is 11.4 Å². The maximum atomic E-state index is 5.78. The van der Waals surface area contributed by atoms with Crippen molar-refractivity contribution in [3.63, 3.8) is 0 Å². The van der Waals surface area contributed by atoms with Gasteiger partial charge in [0.25, 0.3) is 0 Å². The van der Waals surface area contributed by atoms with Crippen molar-refractivity contribution in [2.24, 2.45) is 0 Å². The molecule has 0 spiro atoms. The SMILES string of the molecule is Cc1ccccc1N(Cc1ccccc1)C(=S)NCCc1nc2ccccc2[nH]1. The first-order chi connectivity index (χ1) is 14.2. The Morgan fingerprint density at radius 2 is 1.69 bits per heavy atom. The number of aromatic nitrogens is 2. The molecule has 0 bridgehead atoms. The molecule has 2 N–H and O–H groups in total. The van der Waals surface area contributed by atoms with Crippen LogP contribution in [0, 0.1) is 6.92 Å². The first-order valence-corrected chi connectivity index (χ1v) is 10.2. The third kappa shape index (κ3) is 4.63. The van der Waals surface area contributed by atoms with Gasteiger partial charge in [-0.05, 0) is 48.5 Å². The molecule has 0 saturated carbocycles. The lowest BCUT2D eigenvalue weighted by Crippen LogP contribution is -2.40. The zero-order chi connectivity index (χ0) is 20.1. The van der Waals surface area contributed by atoms with Gasteiger partial charge < -0.3 is 15.2 Å². The summed E-state index contributed by atoms with van der Waals surface area (Å²) in [5.41, 5.74) is 5.60. The van der Waals surface area contributed by atoms with Crippen molar-refractivity contribution in [3.05, 3.63) is 95.8 Å². The van der Waals surface area contributed by atoms with E-state index in [1.807, 2.05) is 30.3 Å². The van der Waals surface area contributed by atoms with Crippen LogP contribution in [0.4, 0.5) is 5.69 Å². The van der Waals surface area contributed by atoms with Gasteiger partial charge in [0.15, 0.2) is 5.11 Å². The summed E-state index contributed by atoms with van der Waals surface area (Å²) >= 11 is 5.78. The zero-order valence-corrected chi connectivity index (χ0v) is 17.2. The molecule has 3 aromatic carbocycles. The van der Waals surface area contributed by atoms with E-state index in [4.69, 9.17) is 12.2 Å². The summed E-state index contributed by atoms with van der Waals surface area (Å²) in [7, 11) is 0. The van der Waals surface area contributed by atoms with Gasteiger partial charge in [-0.2, -0.15) is 0 Å². The van der Waals surface area contributed by atoms with Gasteiger partial charge in [-0.15, -0.1) is 0 Å². The molecule has 0 aliphatic carbocycles. The van der Waals surface area contributed by atoms with Crippen LogP contribution in [0.2, 0.25) is 0 Å².